The number of non-ortho nitro benzene ring substituents is 1. The number of rotatable bonds is 5. The van der Waals surface area contributed by atoms with Gasteiger partial charge >= 0.3 is 5.97 Å². The quantitative estimate of drug-likeness (QED) is 0.518. The first-order valence-electron chi connectivity index (χ1n) is 6.28. The Hall–Kier alpha value is -3.09. The maximum atomic E-state index is 11.9. The number of hydrogen-bond acceptors (Lipinski definition) is 6. The molecule has 0 aliphatic carbocycles. The Morgan fingerprint density at radius 1 is 1.27 bits per heavy atom. The fourth-order valence-electron chi connectivity index (χ4n) is 1.80. The normalized spacial score (nSPS) is 10.0. The molecule has 7 heteroatoms. The standard InChI is InChI=1S/C15H13NO6/c1-21-14-8-11(5-6-13(14)17)15(18)22-9-10-3-2-4-12(7-10)16(19)20/h2-8,17H,9H2,1H3. The van der Waals surface area contributed by atoms with Crippen molar-refractivity contribution >= 4 is 11.7 Å². The van der Waals surface area contributed by atoms with Crippen molar-refractivity contribution in [3.63, 3.8) is 0 Å². The van der Waals surface area contributed by atoms with E-state index in [1.54, 1.807) is 6.07 Å². The molecule has 0 saturated carbocycles. The van der Waals surface area contributed by atoms with Gasteiger partial charge in [0.05, 0.1) is 17.6 Å². The third kappa shape index (κ3) is 3.51. The van der Waals surface area contributed by atoms with E-state index in [0.29, 0.717) is 5.56 Å². The minimum Gasteiger partial charge on any atom is -0.504 e. The maximum Gasteiger partial charge on any atom is 0.338 e. The Bertz CT molecular complexity index is 713. The summed E-state index contributed by atoms with van der Waals surface area (Å²) in [5.74, 6) is -0.549. The van der Waals surface area contributed by atoms with Crippen LogP contribution in [0.4, 0.5) is 5.69 Å². The van der Waals surface area contributed by atoms with Gasteiger partial charge in [0.25, 0.3) is 5.69 Å². The molecule has 0 heterocycles. The van der Waals surface area contributed by atoms with Crippen LogP contribution in [0.3, 0.4) is 0 Å². The minimum atomic E-state index is -0.621. The summed E-state index contributed by atoms with van der Waals surface area (Å²) in [6, 6.07) is 9.91. The number of nitro groups is 1. The minimum absolute atomic E-state index is 0.0696. The predicted octanol–water partition coefficient (Wildman–Crippen LogP) is 2.67. The average molecular weight is 303 g/mol. The molecule has 0 saturated heterocycles. The van der Waals surface area contributed by atoms with Crippen LogP contribution in [0.25, 0.3) is 0 Å². The predicted molar refractivity (Wildman–Crippen MR) is 76.9 cm³/mol. The number of esters is 1. The molecule has 7 nitrogen and oxygen atoms in total. The number of hydrogen-bond donors (Lipinski definition) is 1. The van der Waals surface area contributed by atoms with Crippen molar-refractivity contribution in [3.8, 4) is 11.5 Å². The largest absolute Gasteiger partial charge is 0.504 e. The van der Waals surface area contributed by atoms with Crippen molar-refractivity contribution in [1.82, 2.24) is 0 Å². The summed E-state index contributed by atoms with van der Waals surface area (Å²) < 4.78 is 10.00. The van der Waals surface area contributed by atoms with E-state index in [-0.39, 0.29) is 29.4 Å². The first kappa shape index (κ1) is 15.3. The van der Waals surface area contributed by atoms with E-state index >= 15 is 0 Å². The van der Waals surface area contributed by atoms with E-state index in [9.17, 15) is 20.0 Å². The van der Waals surface area contributed by atoms with Crippen molar-refractivity contribution < 1.29 is 24.3 Å². The zero-order valence-corrected chi connectivity index (χ0v) is 11.7. The number of phenolic OH excluding ortho intramolecular Hbond substituents is 1. The van der Waals surface area contributed by atoms with Gasteiger partial charge in [0, 0.05) is 12.1 Å². The first-order chi connectivity index (χ1) is 10.5. The Labute approximate surface area is 125 Å². The fourth-order valence-corrected chi connectivity index (χ4v) is 1.80. The Morgan fingerprint density at radius 3 is 2.73 bits per heavy atom. The molecule has 2 aromatic rings. The van der Waals surface area contributed by atoms with E-state index in [4.69, 9.17) is 9.47 Å². The lowest BCUT2D eigenvalue weighted by atomic mass is 10.2. The van der Waals surface area contributed by atoms with Crippen molar-refractivity contribution in [1.29, 1.82) is 0 Å². The summed E-state index contributed by atoms with van der Waals surface area (Å²) in [7, 11) is 1.37. The monoisotopic (exact) mass is 303 g/mol. The second-order valence-corrected chi connectivity index (χ2v) is 4.39. The SMILES string of the molecule is COc1cc(C(=O)OCc2cccc([N+](=O)[O-])c2)ccc1O. The third-order valence-corrected chi connectivity index (χ3v) is 2.91. The van der Waals surface area contributed by atoms with Crippen LogP contribution in [0.5, 0.6) is 11.5 Å². The van der Waals surface area contributed by atoms with Crippen LogP contribution in [-0.4, -0.2) is 23.1 Å². The van der Waals surface area contributed by atoms with Crippen molar-refractivity contribution in [2.24, 2.45) is 0 Å². The smallest absolute Gasteiger partial charge is 0.338 e. The van der Waals surface area contributed by atoms with Gasteiger partial charge in [0.1, 0.15) is 6.61 Å². The summed E-state index contributed by atoms with van der Waals surface area (Å²) in [6.07, 6.45) is 0. The van der Waals surface area contributed by atoms with E-state index in [1.807, 2.05) is 0 Å². The van der Waals surface area contributed by atoms with Gasteiger partial charge in [-0.25, -0.2) is 4.79 Å². The first-order valence-corrected chi connectivity index (χ1v) is 6.28. The number of benzene rings is 2. The van der Waals surface area contributed by atoms with Gasteiger partial charge in [-0.1, -0.05) is 12.1 Å². The Balaban J connectivity index is 2.07. The number of aromatic hydroxyl groups is 1. The van der Waals surface area contributed by atoms with Crippen LogP contribution in [-0.2, 0) is 11.3 Å². The fraction of sp³-hybridized carbons (Fsp3) is 0.133. The lowest BCUT2D eigenvalue weighted by molar-refractivity contribution is -0.384. The van der Waals surface area contributed by atoms with Crippen molar-refractivity contribution in [2.75, 3.05) is 7.11 Å². The molecule has 0 fully saturated rings. The molecule has 2 aromatic carbocycles. The summed E-state index contributed by atoms with van der Waals surface area (Å²) in [6.45, 7) is -0.0935. The van der Waals surface area contributed by atoms with Crippen LogP contribution >= 0.6 is 0 Å². The average Bonchev–Trinajstić information content (AvgIpc) is 2.53. The molecular formula is C15H13NO6. The van der Waals surface area contributed by atoms with E-state index in [1.165, 1.54) is 43.5 Å². The maximum absolute atomic E-state index is 11.9. The molecule has 0 aliphatic rings. The summed E-state index contributed by atoms with van der Waals surface area (Å²) in [5, 5.41) is 20.1. The van der Waals surface area contributed by atoms with Crippen LogP contribution in [0.1, 0.15) is 15.9 Å². The highest BCUT2D eigenvalue weighted by molar-refractivity contribution is 5.90. The molecule has 0 amide bonds. The second-order valence-electron chi connectivity index (χ2n) is 4.39. The highest BCUT2D eigenvalue weighted by atomic mass is 16.6. The molecule has 0 aliphatic heterocycles. The van der Waals surface area contributed by atoms with Gasteiger partial charge in [0.2, 0.25) is 0 Å². The zero-order chi connectivity index (χ0) is 16.1. The van der Waals surface area contributed by atoms with Crippen LogP contribution < -0.4 is 4.74 Å². The number of carbonyl (C=O) groups excluding carboxylic acids is 1. The molecule has 114 valence electrons. The summed E-state index contributed by atoms with van der Waals surface area (Å²) in [4.78, 5) is 22.1. The van der Waals surface area contributed by atoms with Crippen LogP contribution in [0, 0.1) is 10.1 Å². The number of carbonyl (C=O) groups is 1. The highest BCUT2D eigenvalue weighted by Crippen LogP contribution is 2.26. The molecule has 0 unspecified atom stereocenters. The number of ether oxygens (including phenoxy) is 2. The molecule has 0 radical (unpaired) electrons. The lowest BCUT2D eigenvalue weighted by Crippen LogP contribution is -2.05. The Morgan fingerprint density at radius 2 is 2.05 bits per heavy atom. The van der Waals surface area contributed by atoms with E-state index in [2.05, 4.69) is 0 Å². The molecule has 0 spiro atoms. The van der Waals surface area contributed by atoms with Gasteiger partial charge in [0.15, 0.2) is 11.5 Å². The molecule has 2 rings (SSSR count). The highest BCUT2D eigenvalue weighted by Gasteiger charge is 2.12. The van der Waals surface area contributed by atoms with E-state index < -0.39 is 10.9 Å². The number of nitrogens with zero attached hydrogens (tertiary/aromatic N) is 1. The molecule has 0 atom stereocenters. The topological polar surface area (TPSA) is 98.9 Å². The molecule has 22 heavy (non-hydrogen) atoms. The van der Waals surface area contributed by atoms with Gasteiger partial charge < -0.3 is 14.6 Å². The van der Waals surface area contributed by atoms with Crippen molar-refractivity contribution in [3.05, 3.63) is 63.7 Å². The summed E-state index contributed by atoms with van der Waals surface area (Å²) in [5.41, 5.74) is 0.647. The molecular weight excluding hydrogens is 290 g/mol. The van der Waals surface area contributed by atoms with E-state index in [0.717, 1.165) is 0 Å². The second kappa shape index (κ2) is 6.57. The molecule has 0 bridgehead atoms. The number of nitro benzene ring substituents is 1. The van der Waals surface area contributed by atoms with Crippen LogP contribution in [0.15, 0.2) is 42.5 Å². The lowest BCUT2D eigenvalue weighted by Gasteiger charge is -2.07. The molecule has 1 N–H and O–H groups in total. The van der Waals surface area contributed by atoms with Crippen LogP contribution in [0.2, 0.25) is 0 Å². The Kier molecular flexibility index (Phi) is 4.57. The van der Waals surface area contributed by atoms with Gasteiger partial charge in [-0.2, -0.15) is 0 Å². The van der Waals surface area contributed by atoms with Gasteiger partial charge in [-0.3, -0.25) is 10.1 Å². The van der Waals surface area contributed by atoms with Crippen molar-refractivity contribution in [2.45, 2.75) is 6.61 Å². The number of methoxy groups -OCH3 is 1. The van der Waals surface area contributed by atoms with Gasteiger partial charge in [-0.15, -0.1) is 0 Å². The number of phenols is 1. The third-order valence-electron chi connectivity index (χ3n) is 2.91. The van der Waals surface area contributed by atoms with Gasteiger partial charge in [-0.05, 0) is 23.8 Å². The molecule has 0 aromatic heterocycles. The summed E-state index contributed by atoms with van der Waals surface area (Å²) >= 11 is 0. The zero-order valence-electron chi connectivity index (χ0n) is 11.7.